The summed E-state index contributed by atoms with van der Waals surface area (Å²) in [6, 6.07) is -0.979. The number of fused-ring (bicyclic) bond motifs is 1. The van der Waals surface area contributed by atoms with E-state index in [4.69, 9.17) is 20.6 Å². The number of rotatable bonds is 7. The fourth-order valence-corrected chi connectivity index (χ4v) is 6.88. The van der Waals surface area contributed by atoms with Crippen LogP contribution in [-0.2, 0) is 40.7 Å². The quantitative estimate of drug-likeness (QED) is 0.277. The van der Waals surface area contributed by atoms with Crippen LogP contribution in [0.2, 0.25) is 0 Å². The first-order chi connectivity index (χ1) is 19.6. The van der Waals surface area contributed by atoms with E-state index in [1.807, 2.05) is 6.92 Å². The normalized spacial score (nSPS) is 18.2. The van der Waals surface area contributed by atoms with Gasteiger partial charge < -0.3 is 18.1 Å². The van der Waals surface area contributed by atoms with E-state index in [1.165, 1.54) is 23.0 Å². The number of amides is 2. The summed E-state index contributed by atoms with van der Waals surface area (Å²) in [5, 5.41) is 2.28. The molecule has 19 heteroatoms. The molecule has 2 saturated heterocycles. The zero-order valence-corrected chi connectivity index (χ0v) is 24.8. The first kappa shape index (κ1) is 29.6. The molecule has 0 saturated carbocycles. The van der Waals surface area contributed by atoms with Crippen LogP contribution in [0.3, 0.4) is 0 Å². The number of sulfonamides is 1. The largest absolute Gasteiger partial charge is 0.416 e. The number of aryl methyl sites for hydroxylation is 1. The Kier molecular flexibility index (Phi) is 9.04. The maximum Gasteiger partial charge on any atom is 0.326 e. The molecule has 5 heterocycles. The van der Waals surface area contributed by atoms with Crippen molar-refractivity contribution in [1.29, 1.82) is 0 Å². The Labute approximate surface area is 242 Å². The molecule has 16 nitrogen and oxygen atoms in total. The SMILES string of the molecule is Cc1c(CN2CCN(S(C)(=O)=O)CC2)sc2c(N3CCOCC3)nc(-c3cnc(NC(=O)N=[S-](=O)ON)nc3)nc12. The molecule has 5 rings (SSSR count). The number of carbonyl (C=O) groups excluding carboxylic acids is 1. The maximum atomic E-state index is 11.9. The van der Waals surface area contributed by atoms with Crippen LogP contribution in [-0.4, -0.2) is 102 Å². The third kappa shape index (κ3) is 6.95. The predicted molar refractivity (Wildman–Crippen MR) is 153 cm³/mol. The van der Waals surface area contributed by atoms with E-state index in [2.05, 4.69) is 33.7 Å². The highest BCUT2D eigenvalue weighted by Crippen LogP contribution is 2.38. The van der Waals surface area contributed by atoms with Crippen LogP contribution in [0, 0.1) is 6.92 Å². The molecule has 3 aromatic rings. The molecule has 0 aliphatic carbocycles. The summed E-state index contributed by atoms with van der Waals surface area (Å²) >= 11 is 1.65. The number of hydrogen-bond donors (Lipinski definition) is 2. The summed E-state index contributed by atoms with van der Waals surface area (Å²) in [5.41, 5.74) is 2.40. The zero-order chi connectivity index (χ0) is 29.1. The van der Waals surface area contributed by atoms with Gasteiger partial charge in [0.2, 0.25) is 16.0 Å². The Morgan fingerprint density at radius 2 is 1.85 bits per heavy atom. The highest BCUT2D eigenvalue weighted by atomic mass is 32.2. The van der Waals surface area contributed by atoms with Crippen molar-refractivity contribution in [3.05, 3.63) is 22.8 Å². The smallest absolute Gasteiger partial charge is 0.326 e. The molecular formula is C22H29N10O6S3-. The summed E-state index contributed by atoms with van der Waals surface area (Å²) in [5.74, 6) is 5.89. The summed E-state index contributed by atoms with van der Waals surface area (Å²) in [4.78, 5) is 35.4. The highest BCUT2D eigenvalue weighted by molar-refractivity contribution is 7.88. The fourth-order valence-electron chi connectivity index (χ4n) is 4.53. The van der Waals surface area contributed by atoms with Gasteiger partial charge >= 0.3 is 6.03 Å². The van der Waals surface area contributed by atoms with Crippen LogP contribution < -0.4 is 16.1 Å². The molecule has 3 N–H and O–H groups in total. The molecule has 222 valence electrons. The summed E-state index contributed by atoms with van der Waals surface area (Å²) in [6.45, 7) is 7.50. The first-order valence-corrected chi connectivity index (χ1v) is 16.3. The van der Waals surface area contributed by atoms with E-state index in [0.717, 1.165) is 26.5 Å². The lowest BCUT2D eigenvalue weighted by Crippen LogP contribution is -2.47. The lowest BCUT2D eigenvalue weighted by atomic mass is 10.2. The Hall–Kier alpha value is -2.91. The molecule has 0 spiro atoms. The van der Waals surface area contributed by atoms with E-state index in [-0.39, 0.29) is 5.95 Å². The number of nitrogens with two attached hydrogens (primary N) is 1. The zero-order valence-electron chi connectivity index (χ0n) is 22.3. The van der Waals surface area contributed by atoms with Gasteiger partial charge in [-0.1, -0.05) is 0 Å². The second-order valence-corrected chi connectivity index (χ2v) is 13.3. The Balaban J connectivity index is 1.44. The Morgan fingerprint density at radius 3 is 2.49 bits per heavy atom. The molecule has 0 radical (unpaired) electrons. The van der Waals surface area contributed by atoms with Crippen molar-refractivity contribution in [2.75, 3.05) is 69.0 Å². The van der Waals surface area contributed by atoms with Crippen molar-refractivity contribution in [2.24, 2.45) is 10.3 Å². The number of nitrogens with one attached hydrogen (secondary N) is 1. The van der Waals surface area contributed by atoms with Gasteiger partial charge in [-0.3, -0.25) is 14.6 Å². The summed E-state index contributed by atoms with van der Waals surface area (Å²) in [7, 11) is -5.52. The van der Waals surface area contributed by atoms with Crippen LogP contribution in [0.4, 0.5) is 16.6 Å². The van der Waals surface area contributed by atoms with E-state index in [1.54, 1.807) is 11.3 Å². The molecular weight excluding hydrogens is 597 g/mol. The molecule has 2 fully saturated rings. The molecule has 41 heavy (non-hydrogen) atoms. The van der Waals surface area contributed by atoms with Crippen molar-refractivity contribution in [3.8, 4) is 11.4 Å². The third-order valence-electron chi connectivity index (χ3n) is 6.69. The number of ether oxygens (including phenoxy) is 1. The van der Waals surface area contributed by atoms with Gasteiger partial charge in [0.1, 0.15) is 0 Å². The number of morpholine rings is 1. The van der Waals surface area contributed by atoms with Gasteiger partial charge in [0.15, 0.2) is 11.6 Å². The minimum Gasteiger partial charge on any atom is -0.416 e. The lowest BCUT2D eigenvalue weighted by Gasteiger charge is -2.33. The molecule has 0 atom stereocenters. The first-order valence-electron chi connectivity index (χ1n) is 12.6. The fraction of sp³-hybridized carbons (Fsp3) is 0.500. The molecule has 2 aliphatic rings. The number of thiophene rings is 1. The Bertz CT molecular complexity index is 1610. The van der Waals surface area contributed by atoms with Crippen molar-refractivity contribution >= 4 is 60.3 Å². The van der Waals surface area contributed by atoms with Crippen molar-refractivity contribution < 1.29 is 26.4 Å². The molecule has 0 bridgehead atoms. The van der Waals surface area contributed by atoms with Crippen molar-refractivity contribution in [1.82, 2.24) is 29.1 Å². The average Bonchev–Trinajstić information content (AvgIpc) is 3.27. The number of urea groups is 1. The van der Waals surface area contributed by atoms with Crippen LogP contribution in [0.1, 0.15) is 10.4 Å². The number of anilines is 2. The summed E-state index contributed by atoms with van der Waals surface area (Å²) < 4.78 is 50.1. The highest BCUT2D eigenvalue weighted by Gasteiger charge is 2.26. The second kappa shape index (κ2) is 12.5. The minimum atomic E-state index is -3.20. The van der Waals surface area contributed by atoms with E-state index in [0.29, 0.717) is 70.4 Å². The van der Waals surface area contributed by atoms with E-state index < -0.39 is 26.9 Å². The van der Waals surface area contributed by atoms with E-state index in [9.17, 15) is 17.4 Å². The lowest BCUT2D eigenvalue weighted by molar-refractivity contribution is 0.122. The number of carbonyl (C=O) groups is 1. The number of piperazine rings is 1. The average molecular weight is 626 g/mol. The van der Waals surface area contributed by atoms with Gasteiger partial charge in [-0.15, -0.1) is 11.3 Å². The minimum absolute atomic E-state index is 0.0593. The van der Waals surface area contributed by atoms with Crippen LogP contribution in [0.15, 0.2) is 16.8 Å². The number of nitrogens with zero attached hydrogens (tertiary/aromatic N) is 8. The van der Waals surface area contributed by atoms with Crippen molar-refractivity contribution in [3.63, 3.8) is 0 Å². The molecule has 0 aromatic carbocycles. The molecule has 0 unspecified atom stereocenters. The standard InChI is InChI=1S/C22H29N10O6S3/c1-14-16(13-30-3-5-32(6-4-30)41(2,35)36)39-18-17(14)26-19(27-20(18)31-7-9-37-10-8-31)15-11-24-21(25-12-15)28-22(33)29-40(34)38-23/h11-12H,3-10,13,23H2,1-2H3,(H,24,25,28,33)/q-1. The maximum absolute atomic E-state index is 11.9. The number of aromatic nitrogens is 4. The monoisotopic (exact) mass is 625 g/mol. The predicted octanol–water partition coefficient (Wildman–Crippen LogP) is 0.855. The second-order valence-electron chi connectivity index (χ2n) is 9.37. The molecule has 3 aromatic heterocycles. The topological polar surface area (TPSA) is 198 Å². The number of hydrogen-bond acceptors (Lipinski definition) is 15. The third-order valence-corrected chi connectivity index (χ3v) is 9.74. The summed E-state index contributed by atoms with van der Waals surface area (Å²) in [6.07, 6.45) is 4.20. The van der Waals surface area contributed by atoms with Crippen molar-refractivity contribution in [2.45, 2.75) is 13.5 Å². The van der Waals surface area contributed by atoms with Gasteiger partial charge in [0.05, 0.1) is 35.2 Å². The van der Waals surface area contributed by atoms with Gasteiger partial charge in [-0.25, -0.2) is 39.0 Å². The Morgan fingerprint density at radius 1 is 1.17 bits per heavy atom. The van der Waals surface area contributed by atoms with E-state index >= 15 is 0 Å². The van der Waals surface area contributed by atoms with Crippen LogP contribution in [0.5, 0.6) is 0 Å². The van der Waals surface area contributed by atoms with Gasteiger partial charge in [0.25, 0.3) is 0 Å². The molecule has 2 amide bonds. The van der Waals surface area contributed by atoms with Gasteiger partial charge in [0, 0.05) is 63.1 Å². The van der Waals surface area contributed by atoms with Gasteiger partial charge in [-0.2, -0.15) is 4.31 Å². The van der Waals surface area contributed by atoms with Crippen LogP contribution in [0.25, 0.3) is 21.6 Å². The van der Waals surface area contributed by atoms with Gasteiger partial charge in [-0.05, 0) is 23.4 Å². The van der Waals surface area contributed by atoms with Crippen LogP contribution >= 0.6 is 11.3 Å². The molecule has 2 aliphatic heterocycles.